The number of aliphatic hydroxyl groups is 1. The molecular weight excluding hydrogens is 258 g/mol. The van der Waals surface area contributed by atoms with Crippen LogP contribution in [-0.4, -0.2) is 17.6 Å². The first-order valence-electron chi connectivity index (χ1n) is 6.28. The van der Waals surface area contributed by atoms with Crippen LogP contribution in [0, 0.1) is 0 Å². The van der Waals surface area contributed by atoms with Crippen LogP contribution in [0.25, 0.3) is 0 Å². The summed E-state index contributed by atoms with van der Waals surface area (Å²) < 4.78 is 0. The van der Waals surface area contributed by atoms with Gasteiger partial charge in [-0.2, -0.15) is 0 Å². The van der Waals surface area contributed by atoms with Gasteiger partial charge in [-0.05, 0) is 23.4 Å². The number of hydrogen-bond acceptors (Lipinski definition) is 3. The lowest BCUT2D eigenvalue weighted by molar-refractivity contribution is -0.120. The van der Waals surface area contributed by atoms with Gasteiger partial charge in [-0.3, -0.25) is 4.79 Å². The number of hydrogen-bond donors (Lipinski definition) is 2. The molecule has 0 aliphatic carbocycles. The predicted octanol–water partition coefficient (Wildman–Crippen LogP) is 2.53. The van der Waals surface area contributed by atoms with Gasteiger partial charge < -0.3 is 10.4 Å². The lowest BCUT2D eigenvalue weighted by Gasteiger charge is -2.11. The van der Waals surface area contributed by atoms with Crippen LogP contribution in [0.5, 0.6) is 0 Å². The fourth-order valence-electron chi connectivity index (χ4n) is 1.82. The Bertz CT molecular complexity index is 496. The van der Waals surface area contributed by atoms with E-state index >= 15 is 0 Å². The van der Waals surface area contributed by atoms with E-state index in [4.69, 9.17) is 0 Å². The van der Waals surface area contributed by atoms with Gasteiger partial charge in [-0.25, -0.2) is 0 Å². The molecular formula is C15H17NO2S. The highest BCUT2D eigenvalue weighted by molar-refractivity contribution is 7.10. The maximum absolute atomic E-state index is 11.6. The van der Waals surface area contributed by atoms with Crippen molar-refractivity contribution in [2.24, 2.45) is 0 Å². The van der Waals surface area contributed by atoms with Crippen LogP contribution in [0.1, 0.15) is 23.0 Å². The molecule has 3 nitrogen and oxygen atoms in total. The molecule has 0 saturated heterocycles. The van der Waals surface area contributed by atoms with Crippen molar-refractivity contribution >= 4 is 17.2 Å². The van der Waals surface area contributed by atoms with Gasteiger partial charge in [-0.15, -0.1) is 11.3 Å². The smallest absolute Gasteiger partial charge is 0.225 e. The fraction of sp³-hybridized carbons (Fsp3) is 0.267. The molecule has 0 fully saturated rings. The van der Waals surface area contributed by atoms with E-state index < -0.39 is 6.10 Å². The molecule has 0 saturated carbocycles. The third-order valence-corrected chi connectivity index (χ3v) is 3.72. The van der Waals surface area contributed by atoms with Crippen LogP contribution in [0.2, 0.25) is 0 Å². The molecule has 4 heteroatoms. The minimum Gasteiger partial charge on any atom is -0.388 e. The van der Waals surface area contributed by atoms with E-state index in [1.54, 1.807) is 11.3 Å². The van der Waals surface area contributed by atoms with Crippen molar-refractivity contribution < 1.29 is 9.90 Å². The first-order chi connectivity index (χ1) is 9.25. The quantitative estimate of drug-likeness (QED) is 0.851. The summed E-state index contributed by atoms with van der Waals surface area (Å²) in [5, 5.41) is 14.7. The first kappa shape index (κ1) is 13.8. The van der Waals surface area contributed by atoms with Gasteiger partial charge in [0.25, 0.3) is 0 Å². The van der Waals surface area contributed by atoms with Crippen molar-refractivity contribution in [3.8, 4) is 0 Å². The largest absolute Gasteiger partial charge is 0.388 e. The van der Waals surface area contributed by atoms with E-state index in [-0.39, 0.29) is 5.91 Å². The van der Waals surface area contributed by atoms with Gasteiger partial charge in [0.1, 0.15) is 0 Å². The molecule has 1 aromatic carbocycles. The summed E-state index contributed by atoms with van der Waals surface area (Å²) in [7, 11) is 0. The molecule has 1 unspecified atom stereocenters. The van der Waals surface area contributed by atoms with E-state index in [0.29, 0.717) is 19.4 Å². The Kier molecular flexibility index (Phi) is 5.12. The molecule has 0 bridgehead atoms. The Morgan fingerprint density at radius 3 is 2.68 bits per heavy atom. The Hall–Kier alpha value is -1.65. The molecule has 2 N–H and O–H groups in total. The maximum Gasteiger partial charge on any atom is 0.225 e. The second-order valence-electron chi connectivity index (χ2n) is 4.32. The average Bonchev–Trinajstić information content (AvgIpc) is 2.92. The summed E-state index contributed by atoms with van der Waals surface area (Å²) in [6.45, 7) is 0.486. The van der Waals surface area contributed by atoms with E-state index in [1.165, 1.54) is 0 Å². The second-order valence-corrected chi connectivity index (χ2v) is 5.35. The van der Waals surface area contributed by atoms with Crippen LogP contribution in [0.15, 0.2) is 47.8 Å². The molecule has 2 aromatic rings. The number of carbonyl (C=O) groups is 1. The number of benzene rings is 1. The number of thiophene rings is 1. The zero-order valence-electron chi connectivity index (χ0n) is 10.6. The van der Waals surface area contributed by atoms with Crippen molar-refractivity contribution in [2.45, 2.75) is 18.9 Å². The lowest BCUT2D eigenvalue weighted by Crippen LogP contribution is -2.26. The standard InChI is InChI=1S/C15H17NO2S/c17-14(12-5-2-1-3-6-12)8-9-16-15(18)11-13-7-4-10-19-13/h1-7,10,14,17H,8-9,11H2,(H,16,18). The van der Waals surface area contributed by atoms with Crippen molar-refractivity contribution in [1.82, 2.24) is 5.32 Å². The molecule has 0 radical (unpaired) electrons. The summed E-state index contributed by atoms with van der Waals surface area (Å²) in [4.78, 5) is 12.7. The van der Waals surface area contributed by atoms with Crippen molar-refractivity contribution in [3.63, 3.8) is 0 Å². The van der Waals surface area contributed by atoms with Gasteiger partial charge in [0.2, 0.25) is 5.91 Å². The number of rotatable bonds is 6. The van der Waals surface area contributed by atoms with Gasteiger partial charge in [0.05, 0.1) is 12.5 Å². The lowest BCUT2D eigenvalue weighted by atomic mass is 10.1. The third kappa shape index (κ3) is 4.50. The van der Waals surface area contributed by atoms with Crippen LogP contribution in [0.4, 0.5) is 0 Å². The Morgan fingerprint density at radius 1 is 1.21 bits per heavy atom. The van der Waals surface area contributed by atoms with Crippen LogP contribution in [-0.2, 0) is 11.2 Å². The summed E-state index contributed by atoms with van der Waals surface area (Å²) in [6.07, 6.45) is 0.419. The van der Waals surface area contributed by atoms with Gasteiger partial charge in [0, 0.05) is 11.4 Å². The molecule has 1 aromatic heterocycles. The minimum absolute atomic E-state index is 0.00251. The van der Waals surface area contributed by atoms with Crippen LogP contribution < -0.4 is 5.32 Å². The monoisotopic (exact) mass is 275 g/mol. The third-order valence-electron chi connectivity index (χ3n) is 2.84. The van der Waals surface area contributed by atoms with Crippen molar-refractivity contribution in [3.05, 3.63) is 58.3 Å². The van der Waals surface area contributed by atoms with E-state index in [2.05, 4.69) is 5.32 Å². The topological polar surface area (TPSA) is 49.3 Å². The molecule has 0 spiro atoms. The highest BCUT2D eigenvalue weighted by Gasteiger charge is 2.08. The maximum atomic E-state index is 11.6. The molecule has 19 heavy (non-hydrogen) atoms. The molecule has 0 aliphatic heterocycles. The van der Waals surface area contributed by atoms with Gasteiger partial charge in [-0.1, -0.05) is 36.4 Å². The normalized spacial score (nSPS) is 12.1. The van der Waals surface area contributed by atoms with E-state index in [0.717, 1.165) is 10.4 Å². The second kappa shape index (κ2) is 7.07. The Morgan fingerprint density at radius 2 is 2.00 bits per heavy atom. The first-order valence-corrected chi connectivity index (χ1v) is 7.16. The predicted molar refractivity (Wildman–Crippen MR) is 77.1 cm³/mol. The average molecular weight is 275 g/mol. The summed E-state index contributed by atoms with van der Waals surface area (Å²) in [5.74, 6) is 0.00251. The summed E-state index contributed by atoms with van der Waals surface area (Å²) in [5.41, 5.74) is 0.884. The SMILES string of the molecule is O=C(Cc1cccs1)NCCC(O)c1ccccc1. The number of aliphatic hydroxyl groups excluding tert-OH is 1. The van der Waals surface area contributed by atoms with E-state index in [9.17, 15) is 9.90 Å². The molecule has 1 atom stereocenters. The molecule has 100 valence electrons. The summed E-state index contributed by atoms with van der Waals surface area (Å²) in [6, 6.07) is 13.4. The van der Waals surface area contributed by atoms with Crippen LogP contribution in [0.3, 0.4) is 0 Å². The molecule has 1 amide bonds. The number of nitrogens with one attached hydrogen (secondary N) is 1. The zero-order chi connectivity index (χ0) is 13.5. The minimum atomic E-state index is -0.525. The van der Waals surface area contributed by atoms with Gasteiger partial charge in [0.15, 0.2) is 0 Å². The fourth-order valence-corrected chi connectivity index (χ4v) is 2.53. The van der Waals surface area contributed by atoms with Crippen molar-refractivity contribution in [1.29, 1.82) is 0 Å². The van der Waals surface area contributed by atoms with Gasteiger partial charge >= 0.3 is 0 Å². The zero-order valence-corrected chi connectivity index (χ0v) is 11.4. The number of amides is 1. The number of carbonyl (C=O) groups excluding carboxylic acids is 1. The van der Waals surface area contributed by atoms with Crippen LogP contribution >= 0.6 is 11.3 Å². The van der Waals surface area contributed by atoms with Crippen molar-refractivity contribution in [2.75, 3.05) is 6.54 Å². The summed E-state index contributed by atoms with van der Waals surface area (Å²) >= 11 is 1.58. The molecule has 2 rings (SSSR count). The highest BCUT2D eigenvalue weighted by atomic mass is 32.1. The Balaban J connectivity index is 1.70. The highest BCUT2D eigenvalue weighted by Crippen LogP contribution is 2.15. The molecule has 1 heterocycles. The Labute approximate surface area is 116 Å². The van der Waals surface area contributed by atoms with E-state index in [1.807, 2.05) is 47.8 Å². The molecule has 0 aliphatic rings.